The Labute approximate surface area is 191 Å². The lowest BCUT2D eigenvalue weighted by atomic mass is 9.78. The molecule has 1 aromatic rings. The summed E-state index contributed by atoms with van der Waals surface area (Å²) in [6, 6.07) is 11.6. The number of allylic oxidation sites excluding steroid dienone is 2. The maximum absolute atomic E-state index is 8.57. The normalized spacial score (nSPS) is 26.7. The number of rotatable bonds is 11. The molecule has 0 saturated heterocycles. The van der Waals surface area contributed by atoms with Gasteiger partial charge in [-0.1, -0.05) is 50.1 Å². The lowest BCUT2D eigenvalue weighted by Gasteiger charge is -2.32. The Morgan fingerprint density at radius 3 is 2.32 bits per heavy atom. The summed E-state index contributed by atoms with van der Waals surface area (Å²) in [6.45, 7) is 3.25. The van der Waals surface area contributed by atoms with Gasteiger partial charge in [0.05, 0.1) is 12.2 Å². The maximum Gasteiger partial charge on any atom is 0.0908 e. The molecule has 3 rings (SSSR count). The van der Waals surface area contributed by atoms with Crippen LogP contribution < -0.4 is 0 Å². The van der Waals surface area contributed by atoms with Gasteiger partial charge in [0.25, 0.3) is 0 Å². The fourth-order valence-electron chi connectivity index (χ4n) is 5.53. The van der Waals surface area contributed by atoms with Crippen LogP contribution in [0.1, 0.15) is 107 Å². The Morgan fingerprint density at radius 2 is 1.65 bits per heavy atom. The number of nitriles is 1. The largest absolute Gasteiger partial charge is 0.378 e. The molecule has 0 amide bonds. The Morgan fingerprint density at radius 1 is 0.935 bits per heavy atom. The zero-order chi connectivity index (χ0) is 21.7. The number of hydrogen-bond donors (Lipinski definition) is 0. The van der Waals surface area contributed by atoms with Crippen LogP contribution in [0.4, 0.5) is 0 Å². The second-order valence-corrected chi connectivity index (χ2v) is 10.0. The molecule has 170 valence electrons. The molecule has 2 aliphatic rings. The summed E-state index contributed by atoms with van der Waals surface area (Å²) >= 11 is 0. The van der Waals surface area contributed by atoms with Crippen molar-refractivity contribution < 1.29 is 4.74 Å². The second-order valence-electron chi connectivity index (χ2n) is 10.0. The van der Waals surface area contributed by atoms with Crippen molar-refractivity contribution in [2.45, 2.75) is 109 Å². The molecule has 0 N–H and O–H groups in total. The van der Waals surface area contributed by atoms with E-state index >= 15 is 0 Å². The highest BCUT2D eigenvalue weighted by Gasteiger charge is 2.25. The molecular formula is C29H43NO. The first kappa shape index (κ1) is 24.1. The molecule has 2 heteroatoms. The molecule has 2 fully saturated rings. The summed E-state index contributed by atoms with van der Waals surface area (Å²) in [7, 11) is 0. The second kappa shape index (κ2) is 13.7. The average molecular weight is 422 g/mol. The van der Waals surface area contributed by atoms with Gasteiger partial charge in [0.1, 0.15) is 0 Å². The Hall–Kier alpha value is -1.59. The summed E-state index contributed by atoms with van der Waals surface area (Å²) in [4.78, 5) is 0. The highest BCUT2D eigenvalue weighted by atomic mass is 16.5. The van der Waals surface area contributed by atoms with Crippen molar-refractivity contribution in [2.24, 2.45) is 11.8 Å². The van der Waals surface area contributed by atoms with E-state index in [9.17, 15) is 0 Å². The monoisotopic (exact) mass is 421 g/mol. The SMILES string of the molecule is CCCCCc1ccc(C2CCC(COC3CCC(CCC=CC#N)CC3)CC2)cc1. The van der Waals surface area contributed by atoms with Crippen molar-refractivity contribution in [3.8, 4) is 6.07 Å². The standard InChI is InChI=1S/C29H43NO/c1-2-3-5-8-24-10-16-27(17-11-24)28-18-12-26(13-19-28)23-31-29-20-14-25(15-21-29)9-6-4-7-22-30/h4,7,10-11,16-17,25-26,28-29H,2-3,5-6,8-9,12-15,18-21,23H2,1H3. The molecule has 0 aromatic heterocycles. The predicted octanol–water partition coefficient (Wildman–Crippen LogP) is 8.13. The van der Waals surface area contributed by atoms with Crippen LogP contribution in [0.3, 0.4) is 0 Å². The zero-order valence-corrected chi connectivity index (χ0v) is 19.7. The molecule has 0 unspecified atom stereocenters. The van der Waals surface area contributed by atoms with Crippen LogP contribution in [0.2, 0.25) is 0 Å². The van der Waals surface area contributed by atoms with Crippen molar-refractivity contribution in [1.29, 1.82) is 5.26 Å². The lowest BCUT2D eigenvalue weighted by molar-refractivity contribution is -0.00824. The van der Waals surface area contributed by atoms with Crippen LogP contribution in [-0.2, 0) is 11.2 Å². The van der Waals surface area contributed by atoms with Crippen molar-refractivity contribution in [1.82, 2.24) is 0 Å². The Balaban J connectivity index is 1.29. The number of hydrogen-bond acceptors (Lipinski definition) is 2. The van der Waals surface area contributed by atoms with E-state index in [-0.39, 0.29) is 0 Å². The van der Waals surface area contributed by atoms with Crippen molar-refractivity contribution >= 4 is 0 Å². The van der Waals surface area contributed by atoms with Crippen LogP contribution in [0, 0.1) is 23.2 Å². The van der Waals surface area contributed by atoms with Gasteiger partial charge in [0.15, 0.2) is 0 Å². The van der Waals surface area contributed by atoms with Gasteiger partial charge in [-0.3, -0.25) is 0 Å². The molecule has 2 nitrogen and oxygen atoms in total. The van der Waals surface area contributed by atoms with E-state index in [1.54, 1.807) is 11.6 Å². The van der Waals surface area contributed by atoms with Crippen molar-refractivity contribution in [2.75, 3.05) is 6.61 Å². The maximum atomic E-state index is 8.57. The number of ether oxygens (including phenoxy) is 1. The van der Waals surface area contributed by atoms with E-state index in [0.29, 0.717) is 6.10 Å². The van der Waals surface area contributed by atoms with Gasteiger partial charge in [-0.25, -0.2) is 0 Å². The molecule has 0 aliphatic heterocycles. The van der Waals surface area contributed by atoms with E-state index < -0.39 is 0 Å². The van der Waals surface area contributed by atoms with Crippen molar-refractivity contribution in [3.05, 3.63) is 47.5 Å². The number of benzene rings is 1. The van der Waals surface area contributed by atoms with Gasteiger partial charge >= 0.3 is 0 Å². The minimum atomic E-state index is 0.490. The molecule has 1 aromatic carbocycles. The molecule has 0 radical (unpaired) electrons. The summed E-state index contributed by atoms with van der Waals surface area (Å²) in [5.41, 5.74) is 3.06. The third-order valence-corrected chi connectivity index (χ3v) is 7.66. The smallest absolute Gasteiger partial charge is 0.0908 e. The van der Waals surface area contributed by atoms with Crippen LogP contribution in [0.5, 0.6) is 0 Å². The highest BCUT2D eigenvalue weighted by molar-refractivity contribution is 5.26. The Kier molecular flexibility index (Phi) is 10.7. The Bertz CT molecular complexity index is 670. The molecule has 2 saturated carbocycles. The molecule has 31 heavy (non-hydrogen) atoms. The highest BCUT2D eigenvalue weighted by Crippen LogP contribution is 2.37. The van der Waals surface area contributed by atoms with Crippen LogP contribution in [0.25, 0.3) is 0 Å². The summed E-state index contributed by atoms with van der Waals surface area (Å²) in [6.07, 6.45) is 22.0. The average Bonchev–Trinajstić information content (AvgIpc) is 2.82. The van der Waals surface area contributed by atoms with Gasteiger partial charge in [-0.2, -0.15) is 5.26 Å². The fraction of sp³-hybridized carbons (Fsp3) is 0.690. The van der Waals surface area contributed by atoms with E-state index in [1.807, 2.05) is 6.08 Å². The third kappa shape index (κ3) is 8.46. The van der Waals surface area contributed by atoms with Gasteiger partial charge in [0.2, 0.25) is 0 Å². The first-order chi connectivity index (χ1) is 15.3. The van der Waals surface area contributed by atoms with Crippen molar-refractivity contribution in [3.63, 3.8) is 0 Å². The van der Waals surface area contributed by atoms with Gasteiger partial charge in [0, 0.05) is 12.7 Å². The lowest BCUT2D eigenvalue weighted by Crippen LogP contribution is -2.25. The number of unbranched alkanes of at least 4 members (excludes halogenated alkanes) is 2. The summed E-state index contributed by atoms with van der Waals surface area (Å²) in [5.74, 6) is 2.35. The summed E-state index contributed by atoms with van der Waals surface area (Å²) in [5, 5.41) is 8.57. The minimum absolute atomic E-state index is 0.490. The number of nitrogens with zero attached hydrogens (tertiary/aromatic N) is 1. The molecular weight excluding hydrogens is 378 g/mol. The fourth-order valence-corrected chi connectivity index (χ4v) is 5.53. The van der Waals surface area contributed by atoms with Crippen LogP contribution in [-0.4, -0.2) is 12.7 Å². The molecule has 0 spiro atoms. The van der Waals surface area contributed by atoms with E-state index in [4.69, 9.17) is 10.00 Å². The van der Waals surface area contributed by atoms with E-state index in [2.05, 4.69) is 37.3 Å². The third-order valence-electron chi connectivity index (χ3n) is 7.66. The molecule has 2 aliphatic carbocycles. The molecule has 0 bridgehead atoms. The zero-order valence-electron chi connectivity index (χ0n) is 19.7. The predicted molar refractivity (Wildman–Crippen MR) is 130 cm³/mol. The van der Waals surface area contributed by atoms with Gasteiger partial charge in [-0.15, -0.1) is 0 Å². The van der Waals surface area contributed by atoms with Crippen LogP contribution >= 0.6 is 0 Å². The minimum Gasteiger partial charge on any atom is -0.378 e. The molecule has 0 heterocycles. The first-order valence-corrected chi connectivity index (χ1v) is 13.0. The quantitative estimate of drug-likeness (QED) is 0.267. The topological polar surface area (TPSA) is 33.0 Å². The first-order valence-electron chi connectivity index (χ1n) is 13.0. The van der Waals surface area contributed by atoms with E-state index in [0.717, 1.165) is 30.8 Å². The van der Waals surface area contributed by atoms with Gasteiger partial charge in [-0.05, 0) is 106 Å². The van der Waals surface area contributed by atoms with Gasteiger partial charge < -0.3 is 4.74 Å². The number of aryl methyl sites for hydroxylation is 1. The van der Waals surface area contributed by atoms with Crippen LogP contribution in [0.15, 0.2) is 36.4 Å². The molecule has 0 atom stereocenters. The summed E-state index contributed by atoms with van der Waals surface area (Å²) < 4.78 is 6.36. The van der Waals surface area contributed by atoms with E-state index in [1.165, 1.54) is 89.0 Å².